The standard InChI is InChI=1S/C12H12N2O2/c15-11-9-6-5-7-3-1-2-4-8(7)10(9)13-12(16)14-11/h1-4,9-10H,5-6H2,(H2,13,14,15,16). The lowest BCUT2D eigenvalue weighted by Crippen LogP contribution is -2.55. The van der Waals surface area contributed by atoms with Gasteiger partial charge in [0.25, 0.3) is 0 Å². The summed E-state index contributed by atoms with van der Waals surface area (Å²) in [5.41, 5.74) is 2.32. The molecule has 2 unspecified atom stereocenters. The summed E-state index contributed by atoms with van der Waals surface area (Å²) in [6.45, 7) is 0. The van der Waals surface area contributed by atoms with Gasteiger partial charge in [0.2, 0.25) is 5.91 Å². The lowest BCUT2D eigenvalue weighted by Gasteiger charge is -2.36. The van der Waals surface area contributed by atoms with Crippen LogP contribution in [0.5, 0.6) is 0 Å². The van der Waals surface area contributed by atoms with Crippen LogP contribution in [0, 0.1) is 5.92 Å². The summed E-state index contributed by atoms with van der Waals surface area (Å²) in [6.07, 6.45) is 1.70. The van der Waals surface area contributed by atoms with Gasteiger partial charge < -0.3 is 5.32 Å². The highest BCUT2D eigenvalue weighted by atomic mass is 16.2. The van der Waals surface area contributed by atoms with Crippen LogP contribution in [-0.4, -0.2) is 11.9 Å². The Balaban J connectivity index is 2.04. The van der Waals surface area contributed by atoms with Gasteiger partial charge in [0.05, 0.1) is 12.0 Å². The summed E-state index contributed by atoms with van der Waals surface area (Å²) in [7, 11) is 0. The molecule has 3 amide bonds. The van der Waals surface area contributed by atoms with E-state index in [1.807, 2.05) is 18.2 Å². The third kappa shape index (κ3) is 1.30. The molecule has 82 valence electrons. The average Bonchev–Trinajstić information content (AvgIpc) is 2.28. The zero-order valence-electron chi connectivity index (χ0n) is 8.69. The number of amides is 3. The summed E-state index contributed by atoms with van der Waals surface area (Å²) >= 11 is 0. The molecule has 2 aliphatic rings. The summed E-state index contributed by atoms with van der Waals surface area (Å²) in [4.78, 5) is 23.0. The molecule has 2 N–H and O–H groups in total. The van der Waals surface area contributed by atoms with Crippen molar-refractivity contribution < 1.29 is 9.59 Å². The smallest absolute Gasteiger partial charge is 0.321 e. The Morgan fingerprint density at radius 2 is 2.00 bits per heavy atom. The van der Waals surface area contributed by atoms with Crippen LogP contribution >= 0.6 is 0 Å². The van der Waals surface area contributed by atoms with Crippen LogP contribution in [0.3, 0.4) is 0 Å². The van der Waals surface area contributed by atoms with E-state index in [2.05, 4.69) is 16.7 Å². The first kappa shape index (κ1) is 9.39. The third-order valence-electron chi connectivity index (χ3n) is 3.38. The molecule has 4 nitrogen and oxygen atoms in total. The minimum absolute atomic E-state index is 0.118. The number of fused-ring (bicyclic) bond motifs is 3. The minimum Gasteiger partial charge on any atom is -0.330 e. The summed E-state index contributed by atoms with van der Waals surface area (Å²) in [6, 6.07) is 7.45. The first-order valence-corrected chi connectivity index (χ1v) is 5.45. The third-order valence-corrected chi connectivity index (χ3v) is 3.38. The summed E-state index contributed by atoms with van der Waals surface area (Å²) < 4.78 is 0. The number of imide groups is 1. The molecule has 1 aromatic carbocycles. The van der Waals surface area contributed by atoms with Crippen molar-refractivity contribution in [3.05, 3.63) is 35.4 Å². The van der Waals surface area contributed by atoms with Gasteiger partial charge in [-0.2, -0.15) is 0 Å². The zero-order valence-corrected chi connectivity index (χ0v) is 8.69. The van der Waals surface area contributed by atoms with Crippen molar-refractivity contribution in [2.45, 2.75) is 18.9 Å². The van der Waals surface area contributed by atoms with E-state index in [-0.39, 0.29) is 23.9 Å². The maximum atomic E-state index is 11.7. The molecule has 0 saturated carbocycles. The number of carbonyl (C=O) groups is 2. The highest BCUT2D eigenvalue weighted by Gasteiger charge is 2.39. The van der Waals surface area contributed by atoms with Crippen LogP contribution < -0.4 is 10.6 Å². The monoisotopic (exact) mass is 216 g/mol. The Kier molecular flexibility index (Phi) is 1.96. The SMILES string of the molecule is O=C1NC(=O)C2CCc3ccccc3C2N1. The second kappa shape index (κ2) is 3.33. The molecule has 16 heavy (non-hydrogen) atoms. The number of nitrogens with one attached hydrogen (secondary N) is 2. The fourth-order valence-corrected chi connectivity index (χ4v) is 2.60. The number of urea groups is 1. The average molecular weight is 216 g/mol. The number of benzene rings is 1. The van der Waals surface area contributed by atoms with Gasteiger partial charge in [-0.05, 0) is 24.0 Å². The van der Waals surface area contributed by atoms with Crippen LogP contribution in [0.4, 0.5) is 4.79 Å². The Labute approximate surface area is 93.0 Å². The van der Waals surface area contributed by atoms with E-state index >= 15 is 0 Å². The predicted octanol–water partition coefficient (Wildman–Crippen LogP) is 1.13. The second-order valence-corrected chi connectivity index (χ2v) is 4.28. The lowest BCUT2D eigenvalue weighted by atomic mass is 9.78. The predicted molar refractivity (Wildman–Crippen MR) is 57.7 cm³/mol. The molecule has 1 heterocycles. The fraction of sp³-hybridized carbons (Fsp3) is 0.333. The van der Waals surface area contributed by atoms with Crippen LogP contribution in [0.2, 0.25) is 0 Å². The van der Waals surface area contributed by atoms with Crippen molar-refractivity contribution in [1.82, 2.24) is 10.6 Å². The van der Waals surface area contributed by atoms with Crippen LogP contribution in [0.1, 0.15) is 23.6 Å². The van der Waals surface area contributed by atoms with Crippen molar-refractivity contribution in [3.8, 4) is 0 Å². The quantitative estimate of drug-likeness (QED) is 0.683. The summed E-state index contributed by atoms with van der Waals surface area (Å²) in [5.74, 6) is -0.268. The molecule has 0 aromatic heterocycles. The van der Waals surface area contributed by atoms with Crippen molar-refractivity contribution in [3.63, 3.8) is 0 Å². The lowest BCUT2D eigenvalue weighted by molar-refractivity contribution is -0.126. The molecule has 1 saturated heterocycles. The molecule has 1 aromatic rings. The van der Waals surface area contributed by atoms with E-state index in [0.717, 1.165) is 18.4 Å². The van der Waals surface area contributed by atoms with Gasteiger partial charge in [-0.1, -0.05) is 24.3 Å². The maximum Gasteiger partial charge on any atom is 0.321 e. The van der Waals surface area contributed by atoms with Gasteiger partial charge in [-0.15, -0.1) is 0 Å². The molecule has 1 aliphatic heterocycles. The second-order valence-electron chi connectivity index (χ2n) is 4.28. The molecular weight excluding hydrogens is 204 g/mol. The summed E-state index contributed by atoms with van der Waals surface area (Å²) in [5, 5.41) is 5.15. The van der Waals surface area contributed by atoms with Crippen molar-refractivity contribution in [2.75, 3.05) is 0 Å². The largest absolute Gasteiger partial charge is 0.330 e. The number of hydrogen-bond donors (Lipinski definition) is 2. The highest BCUT2D eigenvalue weighted by molar-refractivity contribution is 5.98. The molecule has 4 heteroatoms. The van der Waals surface area contributed by atoms with Crippen LogP contribution in [0.15, 0.2) is 24.3 Å². The Morgan fingerprint density at radius 1 is 1.19 bits per heavy atom. The number of hydrogen-bond acceptors (Lipinski definition) is 2. The fourth-order valence-electron chi connectivity index (χ4n) is 2.60. The number of carbonyl (C=O) groups excluding carboxylic acids is 2. The van der Waals surface area contributed by atoms with Crippen molar-refractivity contribution >= 4 is 11.9 Å². The van der Waals surface area contributed by atoms with E-state index in [1.54, 1.807) is 0 Å². The van der Waals surface area contributed by atoms with Gasteiger partial charge in [-0.3, -0.25) is 10.1 Å². The molecule has 1 fully saturated rings. The topological polar surface area (TPSA) is 58.2 Å². The van der Waals surface area contributed by atoms with Crippen LogP contribution in [-0.2, 0) is 11.2 Å². The molecular formula is C12H12N2O2. The van der Waals surface area contributed by atoms with Gasteiger partial charge in [0.15, 0.2) is 0 Å². The van der Waals surface area contributed by atoms with E-state index in [1.165, 1.54) is 5.56 Å². The molecule has 0 radical (unpaired) electrons. The Bertz CT molecular complexity index is 470. The molecule has 0 bridgehead atoms. The van der Waals surface area contributed by atoms with E-state index in [9.17, 15) is 9.59 Å². The van der Waals surface area contributed by atoms with Gasteiger partial charge in [0, 0.05) is 0 Å². The van der Waals surface area contributed by atoms with E-state index in [4.69, 9.17) is 0 Å². The van der Waals surface area contributed by atoms with Crippen molar-refractivity contribution in [1.29, 1.82) is 0 Å². The maximum absolute atomic E-state index is 11.7. The molecule has 2 atom stereocenters. The Hall–Kier alpha value is -1.84. The van der Waals surface area contributed by atoms with Gasteiger partial charge in [0.1, 0.15) is 0 Å². The minimum atomic E-state index is -0.386. The Morgan fingerprint density at radius 3 is 2.88 bits per heavy atom. The van der Waals surface area contributed by atoms with Crippen molar-refractivity contribution in [2.24, 2.45) is 5.92 Å². The first-order valence-electron chi connectivity index (χ1n) is 5.45. The first-order chi connectivity index (χ1) is 7.75. The van der Waals surface area contributed by atoms with Crippen LogP contribution in [0.25, 0.3) is 0 Å². The normalized spacial score (nSPS) is 27.5. The van der Waals surface area contributed by atoms with E-state index < -0.39 is 0 Å². The molecule has 1 aliphatic carbocycles. The number of rotatable bonds is 0. The molecule has 3 rings (SSSR count). The highest BCUT2D eigenvalue weighted by Crippen LogP contribution is 2.35. The zero-order chi connectivity index (χ0) is 11.1. The molecule has 0 spiro atoms. The van der Waals surface area contributed by atoms with E-state index in [0.29, 0.717) is 0 Å². The van der Waals surface area contributed by atoms with Gasteiger partial charge >= 0.3 is 6.03 Å². The van der Waals surface area contributed by atoms with Gasteiger partial charge in [-0.25, -0.2) is 4.79 Å². The number of aryl methyl sites for hydroxylation is 1.